The van der Waals surface area contributed by atoms with Crippen LogP contribution in [0, 0.1) is 0 Å². The quantitative estimate of drug-likeness (QED) is 0.174. The third-order valence-corrected chi connectivity index (χ3v) is 14.1. The maximum absolute atomic E-state index is 6.28. The minimum Gasteiger partial charge on any atom is -0.456 e. The van der Waals surface area contributed by atoms with E-state index in [0.29, 0.717) is 5.95 Å². The van der Waals surface area contributed by atoms with Crippen molar-refractivity contribution in [3.8, 4) is 44.5 Å². The molecule has 14 rings (SSSR count). The summed E-state index contributed by atoms with van der Waals surface area (Å²) in [4.78, 5) is 12.1. The SMILES string of the molecule is c1ccc(-c2cc3nc(-n4c5ccc(-c6cccc7c8ccccc8n(-c8ccc9oc%10ccccc%10c9c8)c67)cc5c5cc6ccccc6cc54)nc(-c4ccccc4)c3s2)cc1. The largest absolute Gasteiger partial charge is 0.456 e. The van der Waals surface area contributed by atoms with Crippen LogP contribution in [0.25, 0.3) is 131 Å². The standard InChI is InChI=1S/C58H34N4OS/c1-3-14-35(15-4-1)54-34-48-57(64-54)55(36-16-5-2-6-17-36)60-58(59-48)62-50-28-26-39(31-45(50)46-30-37-18-7-8-19-38(37)32-51(46)62)41-22-13-23-44-42-20-9-11-24-49(42)61(56(41)44)40-27-29-53-47(33-40)43-21-10-12-25-52(43)63-53/h1-34H. The Balaban J connectivity index is 1.03. The van der Waals surface area contributed by atoms with Crippen molar-refractivity contribution in [1.29, 1.82) is 0 Å². The van der Waals surface area contributed by atoms with Crippen LogP contribution in [-0.4, -0.2) is 19.1 Å². The Kier molecular flexibility index (Phi) is 7.49. The first-order valence-electron chi connectivity index (χ1n) is 21.6. The fraction of sp³-hybridized carbons (Fsp3) is 0. The van der Waals surface area contributed by atoms with Gasteiger partial charge in [0.05, 0.1) is 38.0 Å². The molecule has 5 aromatic heterocycles. The van der Waals surface area contributed by atoms with E-state index in [2.05, 4.69) is 203 Å². The van der Waals surface area contributed by atoms with Gasteiger partial charge >= 0.3 is 0 Å². The van der Waals surface area contributed by atoms with Crippen molar-refractivity contribution < 1.29 is 4.42 Å². The van der Waals surface area contributed by atoms with Gasteiger partial charge in [0.1, 0.15) is 11.2 Å². The minimum atomic E-state index is 0.649. The number of rotatable bonds is 5. The zero-order chi connectivity index (χ0) is 41.9. The van der Waals surface area contributed by atoms with Gasteiger partial charge in [0, 0.05) is 54.0 Å². The van der Waals surface area contributed by atoms with E-state index in [1.165, 1.54) is 32.0 Å². The Bertz CT molecular complexity index is 4190. The number of furan rings is 1. The number of hydrogen-bond donors (Lipinski definition) is 0. The lowest BCUT2D eigenvalue weighted by Crippen LogP contribution is -2.02. The maximum Gasteiger partial charge on any atom is 0.235 e. The molecule has 9 aromatic carbocycles. The number of aromatic nitrogens is 4. The van der Waals surface area contributed by atoms with Gasteiger partial charge in [0.2, 0.25) is 5.95 Å². The number of nitrogens with zero attached hydrogens (tertiary/aromatic N) is 4. The average molecular weight is 835 g/mol. The molecule has 0 aliphatic rings. The van der Waals surface area contributed by atoms with E-state index >= 15 is 0 Å². The van der Waals surface area contributed by atoms with Crippen molar-refractivity contribution in [2.75, 3.05) is 0 Å². The lowest BCUT2D eigenvalue weighted by Gasteiger charge is -2.13. The monoisotopic (exact) mass is 834 g/mol. The highest BCUT2D eigenvalue weighted by Crippen LogP contribution is 2.44. The topological polar surface area (TPSA) is 48.8 Å². The number of fused-ring (bicyclic) bond motifs is 11. The Hall–Kier alpha value is -8.32. The molecule has 0 aliphatic heterocycles. The Morgan fingerprint density at radius 3 is 1.95 bits per heavy atom. The molecule has 0 unspecified atom stereocenters. The van der Waals surface area contributed by atoms with Gasteiger partial charge in [0.15, 0.2) is 0 Å². The first kappa shape index (κ1) is 35.3. The molecule has 5 nitrogen and oxygen atoms in total. The third kappa shape index (κ3) is 5.24. The summed E-state index contributed by atoms with van der Waals surface area (Å²) in [5.74, 6) is 0.649. The highest BCUT2D eigenvalue weighted by molar-refractivity contribution is 7.22. The van der Waals surface area contributed by atoms with Gasteiger partial charge in [-0.3, -0.25) is 4.57 Å². The summed E-state index contributed by atoms with van der Waals surface area (Å²) in [5, 5.41) is 9.30. The van der Waals surface area contributed by atoms with E-state index in [4.69, 9.17) is 14.4 Å². The Morgan fingerprint density at radius 1 is 0.406 bits per heavy atom. The molecular formula is C58H34N4OS. The highest BCUT2D eigenvalue weighted by atomic mass is 32.1. The molecule has 298 valence electrons. The predicted octanol–water partition coefficient (Wildman–Crippen LogP) is 15.9. The van der Waals surface area contributed by atoms with Crippen molar-refractivity contribution in [3.05, 3.63) is 206 Å². The number of benzene rings is 9. The molecule has 0 radical (unpaired) electrons. The number of hydrogen-bond acceptors (Lipinski definition) is 4. The summed E-state index contributed by atoms with van der Waals surface area (Å²) in [5.41, 5.74) is 13.7. The van der Waals surface area contributed by atoms with Crippen LogP contribution in [-0.2, 0) is 0 Å². The molecule has 0 N–H and O–H groups in total. The van der Waals surface area contributed by atoms with Crippen molar-refractivity contribution in [2.24, 2.45) is 0 Å². The lowest BCUT2D eigenvalue weighted by atomic mass is 9.99. The van der Waals surface area contributed by atoms with Crippen LogP contribution in [0.4, 0.5) is 0 Å². The van der Waals surface area contributed by atoms with Gasteiger partial charge in [-0.05, 0) is 82.6 Å². The molecule has 0 spiro atoms. The van der Waals surface area contributed by atoms with Crippen molar-refractivity contribution in [1.82, 2.24) is 19.1 Å². The van der Waals surface area contributed by atoms with E-state index in [1.54, 1.807) is 11.3 Å². The fourth-order valence-corrected chi connectivity index (χ4v) is 11.1. The zero-order valence-electron chi connectivity index (χ0n) is 34.2. The van der Waals surface area contributed by atoms with E-state index in [-0.39, 0.29) is 0 Å². The molecule has 6 heteroatoms. The van der Waals surface area contributed by atoms with Gasteiger partial charge in [-0.2, -0.15) is 0 Å². The van der Waals surface area contributed by atoms with Gasteiger partial charge in [0.25, 0.3) is 0 Å². The second-order valence-electron chi connectivity index (χ2n) is 16.5. The number of para-hydroxylation sites is 3. The highest BCUT2D eigenvalue weighted by Gasteiger charge is 2.22. The second kappa shape index (κ2) is 13.6. The van der Waals surface area contributed by atoms with Gasteiger partial charge in [-0.1, -0.05) is 146 Å². The molecule has 0 saturated carbocycles. The molecule has 64 heavy (non-hydrogen) atoms. The van der Waals surface area contributed by atoms with E-state index < -0.39 is 0 Å². The van der Waals surface area contributed by atoms with Crippen LogP contribution in [0.1, 0.15) is 0 Å². The van der Waals surface area contributed by atoms with E-state index in [9.17, 15) is 0 Å². The molecule has 0 aliphatic carbocycles. The Labute approximate surface area is 370 Å². The van der Waals surface area contributed by atoms with Gasteiger partial charge in [-0.25, -0.2) is 9.97 Å². The summed E-state index contributed by atoms with van der Waals surface area (Å²) in [6, 6.07) is 73.8. The fourth-order valence-electron chi connectivity index (χ4n) is 10.0. The van der Waals surface area contributed by atoms with Gasteiger partial charge < -0.3 is 8.98 Å². The van der Waals surface area contributed by atoms with Crippen LogP contribution in [0.15, 0.2) is 211 Å². The first-order valence-corrected chi connectivity index (χ1v) is 22.4. The molecular weight excluding hydrogens is 801 g/mol. The lowest BCUT2D eigenvalue weighted by molar-refractivity contribution is 0.669. The van der Waals surface area contributed by atoms with Gasteiger partial charge in [-0.15, -0.1) is 11.3 Å². The van der Waals surface area contributed by atoms with E-state index in [1.807, 2.05) is 12.1 Å². The number of thiophene rings is 1. The van der Waals surface area contributed by atoms with Crippen LogP contribution in [0.5, 0.6) is 0 Å². The van der Waals surface area contributed by atoms with Crippen molar-refractivity contribution in [2.45, 2.75) is 0 Å². The summed E-state index contributed by atoms with van der Waals surface area (Å²) in [6.07, 6.45) is 0. The molecule has 0 fully saturated rings. The molecule has 0 saturated heterocycles. The summed E-state index contributed by atoms with van der Waals surface area (Å²) >= 11 is 1.75. The van der Waals surface area contributed by atoms with E-state index in [0.717, 1.165) is 93.1 Å². The predicted molar refractivity (Wildman–Crippen MR) is 267 cm³/mol. The average Bonchev–Trinajstić information content (AvgIpc) is 4.12. The molecule has 0 atom stereocenters. The van der Waals surface area contributed by atoms with Crippen LogP contribution in [0.2, 0.25) is 0 Å². The summed E-state index contributed by atoms with van der Waals surface area (Å²) in [7, 11) is 0. The molecule has 0 bridgehead atoms. The third-order valence-electron chi connectivity index (χ3n) is 12.9. The minimum absolute atomic E-state index is 0.649. The second-order valence-corrected chi connectivity index (χ2v) is 17.6. The summed E-state index contributed by atoms with van der Waals surface area (Å²) < 4.78 is 12.1. The van der Waals surface area contributed by atoms with Crippen molar-refractivity contribution >= 4 is 97.9 Å². The Morgan fingerprint density at radius 2 is 1.09 bits per heavy atom. The van der Waals surface area contributed by atoms with Crippen molar-refractivity contribution in [3.63, 3.8) is 0 Å². The van der Waals surface area contributed by atoms with Crippen LogP contribution >= 0.6 is 11.3 Å². The molecule has 14 aromatic rings. The smallest absolute Gasteiger partial charge is 0.235 e. The molecule has 0 amide bonds. The zero-order valence-corrected chi connectivity index (χ0v) is 35.1. The first-order chi connectivity index (χ1) is 31.7. The van der Waals surface area contributed by atoms with Crippen LogP contribution < -0.4 is 0 Å². The maximum atomic E-state index is 6.28. The van der Waals surface area contributed by atoms with Crippen LogP contribution in [0.3, 0.4) is 0 Å². The summed E-state index contributed by atoms with van der Waals surface area (Å²) in [6.45, 7) is 0. The normalized spacial score (nSPS) is 12.1. The molecule has 5 heterocycles.